The molecule has 2 aliphatic rings. The molecule has 2 unspecified atom stereocenters. The minimum absolute atomic E-state index is 0.506. The van der Waals surface area contributed by atoms with Gasteiger partial charge in [0.2, 0.25) is 0 Å². The van der Waals surface area contributed by atoms with Crippen LogP contribution in [0.15, 0.2) is 20.9 Å². The zero-order valence-corrected chi connectivity index (χ0v) is 15.0. The molecule has 1 saturated carbocycles. The Kier molecular flexibility index (Phi) is 4.86. The second kappa shape index (κ2) is 6.67. The zero-order chi connectivity index (χ0) is 14.8. The molecular weight excluding hydrogens is 348 g/mol. The zero-order valence-electron chi connectivity index (χ0n) is 12.6. The van der Waals surface area contributed by atoms with Crippen LogP contribution >= 0.6 is 27.3 Å². The lowest BCUT2D eigenvalue weighted by Crippen LogP contribution is -2.46. The number of hydrogen-bond donors (Lipinski definition) is 2. The first kappa shape index (κ1) is 15.3. The Morgan fingerprint density at radius 2 is 2.24 bits per heavy atom. The maximum absolute atomic E-state index is 4.36. The van der Waals surface area contributed by atoms with E-state index in [9.17, 15) is 0 Å². The lowest BCUT2D eigenvalue weighted by Gasteiger charge is -2.20. The first-order valence-corrected chi connectivity index (χ1v) is 9.22. The third-order valence-electron chi connectivity index (χ3n) is 4.31. The fraction of sp³-hybridized carbons (Fsp3) is 0.667. The van der Waals surface area contributed by atoms with Gasteiger partial charge in [-0.05, 0) is 46.8 Å². The van der Waals surface area contributed by atoms with Crippen molar-refractivity contribution in [1.82, 2.24) is 15.5 Å². The van der Waals surface area contributed by atoms with Crippen LogP contribution in [0.25, 0.3) is 0 Å². The van der Waals surface area contributed by atoms with E-state index < -0.39 is 0 Å². The van der Waals surface area contributed by atoms with Crippen molar-refractivity contribution in [3.8, 4) is 0 Å². The van der Waals surface area contributed by atoms with Gasteiger partial charge in [-0.1, -0.05) is 6.92 Å². The summed E-state index contributed by atoms with van der Waals surface area (Å²) >= 11 is 5.26. The highest BCUT2D eigenvalue weighted by molar-refractivity contribution is 9.11. The van der Waals surface area contributed by atoms with Crippen LogP contribution in [0.2, 0.25) is 0 Å². The van der Waals surface area contributed by atoms with Crippen LogP contribution in [-0.2, 0) is 6.54 Å². The molecule has 21 heavy (non-hydrogen) atoms. The number of hydrogen-bond acceptors (Lipinski definition) is 3. The first-order chi connectivity index (χ1) is 10.2. The van der Waals surface area contributed by atoms with Gasteiger partial charge < -0.3 is 10.6 Å². The number of likely N-dealkylation sites (tertiary alicyclic amines) is 1. The third kappa shape index (κ3) is 3.99. The van der Waals surface area contributed by atoms with E-state index >= 15 is 0 Å². The fourth-order valence-corrected chi connectivity index (χ4v) is 4.34. The largest absolute Gasteiger partial charge is 0.352 e. The summed E-state index contributed by atoms with van der Waals surface area (Å²) in [7, 11) is 1.85. The van der Waals surface area contributed by atoms with Gasteiger partial charge in [-0.2, -0.15) is 0 Å². The van der Waals surface area contributed by atoms with E-state index in [0.717, 1.165) is 25.1 Å². The summed E-state index contributed by atoms with van der Waals surface area (Å²) in [5.41, 5.74) is 0. The van der Waals surface area contributed by atoms with Crippen LogP contribution in [0, 0.1) is 5.92 Å². The Labute approximate surface area is 139 Å². The molecule has 6 heteroatoms. The van der Waals surface area contributed by atoms with E-state index in [1.807, 2.05) is 7.05 Å². The minimum atomic E-state index is 0.506. The Balaban J connectivity index is 1.50. The SMILES string of the molecule is CN=C(NCc1ccc(Br)s1)NC1CN(C2CC2)CC1C. The van der Waals surface area contributed by atoms with Gasteiger partial charge >= 0.3 is 0 Å². The molecule has 0 bridgehead atoms. The molecule has 2 heterocycles. The Morgan fingerprint density at radius 3 is 2.86 bits per heavy atom. The molecular formula is C15H23BrN4S. The monoisotopic (exact) mass is 370 g/mol. The number of nitrogens with one attached hydrogen (secondary N) is 2. The molecule has 2 fully saturated rings. The van der Waals surface area contributed by atoms with Gasteiger partial charge in [-0.3, -0.25) is 9.89 Å². The van der Waals surface area contributed by atoms with Gasteiger partial charge in [0, 0.05) is 37.1 Å². The van der Waals surface area contributed by atoms with Crippen molar-refractivity contribution in [3.05, 3.63) is 20.8 Å². The molecule has 1 aromatic heterocycles. The topological polar surface area (TPSA) is 39.7 Å². The van der Waals surface area contributed by atoms with Crippen molar-refractivity contribution >= 4 is 33.2 Å². The summed E-state index contributed by atoms with van der Waals surface area (Å²) in [5.74, 6) is 1.59. The number of halogens is 1. The average molecular weight is 371 g/mol. The van der Waals surface area contributed by atoms with Crippen LogP contribution in [0.4, 0.5) is 0 Å². The van der Waals surface area contributed by atoms with E-state index in [4.69, 9.17) is 0 Å². The molecule has 0 amide bonds. The number of guanidine groups is 1. The summed E-state index contributed by atoms with van der Waals surface area (Å²) in [5, 5.41) is 7.01. The number of nitrogens with zero attached hydrogens (tertiary/aromatic N) is 2. The van der Waals surface area contributed by atoms with E-state index in [-0.39, 0.29) is 0 Å². The highest BCUT2D eigenvalue weighted by atomic mass is 79.9. The van der Waals surface area contributed by atoms with Gasteiger partial charge in [0.15, 0.2) is 5.96 Å². The van der Waals surface area contributed by atoms with Crippen molar-refractivity contribution in [3.63, 3.8) is 0 Å². The molecule has 1 saturated heterocycles. The molecule has 1 aliphatic heterocycles. The fourth-order valence-electron chi connectivity index (χ4n) is 2.92. The number of thiophene rings is 1. The molecule has 0 radical (unpaired) electrons. The Bertz CT molecular complexity index is 512. The minimum Gasteiger partial charge on any atom is -0.352 e. The molecule has 1 aromatic rings. The number of aliphatic imine (C=N–C) groups is 1. The smallest absolute Gasteiger partial charge is 0.191 e. The van der Waals surface area contributed by atoms with E-state index in [1.54, 1.807) is 11.3 Å². The van der Waals surface area contributed by atoms with E-state index in [2.05, 4.69) is 55.5 Å². The second-order valence-corrected chi connectivity index (χ2v) is 8.59. The lowest BCUT2D eigenvalue weighted by molar-refractivity contribution is 0.315. The van der Waals surface area contributed by atoms with Gasteiger partial charge in [-0.25, -0.2) is 0 Å². The van der Waals surface area contributed by atoms with Crippen LogP contribution in [0.1, 0.15) is 24.6 Å². The van der Waals surface area contributed by atoms with Crippen LogP contribution in [-0.4, -0.2) is 43.1 Å². The van der Waals surface area contributed by atoms with Crippen molar-refractivity contribution in [2.75, 3.05) is 20.1 Å². The summed E-state index contributed by atoms with van der Waals surface area (Å²) in [6.45, 7) is 5.53. The van der Waals surface area contributed by atoms with Gasteiger partial charge in [-0.15, -0.1) is 11.3 Å². The van der Waals surface area contributed by atoms with Gasteiger partial charge in [0.25, 0.3) is 0 Å². The summed E-state index contributed by atoms with van der Waals surface area (Å²) in [6, 6.07) is 5.59. The van der Waals surface area contributed by atoms with Crippen molar-refractivity contribution in [2.24, 2.45) is 10.9 Å². The summed E-state index contributed by atoms with van der Waals surface area (Å²) in [6.07, 6.45) is 2.78. The molecule has 0 spiro atoms. The molecule has 4 nitrogen and oxygen atoms in total. The maximum atomic E-state index is 4.36. The Morgan fingerprint density at radius 1 is 1.43 bits per heavy atom. The molecule has 116 valence electrons. The summed E-state index contributed by atoms with van der Waals surface area (Å²) in [4.78, 5) is 8.30. The second-order valence-electron chi connectivity index (χ2n) is 6.04. The normalized spacial score (nSPS) is 27.1. The molecule has 2 atom stereocenters. The predicted molar refractivity (Wildman–Crippen MR) is 92.9 cm³/mol. The average Bonchev–Trinajstić information content (AvgIpc) is 3.14. The van der Waals surface area contributed by atoms with Crippen LogP contribution in [0.3, 0.4) is 0 Å². The molecule has 1 aliphatic carbocycles. The molecule has 0 aromatic carbocycles. The van der Waals surface area contributed by atoms with E-state index in [1.165, 1.54) is 28.0 Å². The van der Waals surface area contributed by atoms with E-state index in [0.29, 0.717) is 12.0 Å². The van der Waals surface area contributed by atoms with Crippen molar-refractivity contribution in [2.45, 2.75) is 38.4 Å². The standard InChI is InChI=1S/C15H23BrN4S/c1-10-8-20(11-3-4-11)9-13(10)19-15(17-2)18-7-12-5-6-14(16)21-12/h5-6,10-11,13H,3-4,7-9H2,1-2H3,(H2,17,18,19). The highest BCUT2D eigenvalue weighted by Crippen LogP contribution is 2.31. The summed E-state index contributed by atoms with van der Waals surface area (Å²) < 4.78 is 1.17. The van der Waals surface area contributed by atoms with Crippen molar-refractivity contribution < 1.29 is 0 Å². The quantitative estimate of drug-likeness (QED) is 0.632. The van der Waals surface area contributed by atoms with Gasteiger partial charge in [0.1, 0.15) is 0 Å². The van der Waals surface area contributed by atoms with Crippen LogP contribution in [0.5, 0.6) is 0 Å². The Hall–Kier alpha value is -0.590. The third-order valence-corrected chi connectivity index (χ3v) is 5.93. The first-order valence-electron chi connectivity index (χ1n) is 7.61. The highest BCUT2D eigenvalue weighted by Gasteiger charge is 2.38. The maximum Gasteiger partial charge on any atom is 0.191 e. The van der Waals surface area contributed by atoms with Crippen molar-refractivity contribution in [1.29, 1.82) is 0 Å². The molecule has 2 N–H and O–H groups in total. The lowest BCUT2D eigenvalue weighted by atomic mass is 10.1. The molecule has 3 rings (SSSR count). The van der Waals surface area contributed by atoms with Crippen LogP contribution < -0.4 is 10.6 Å². The van der Waals surface area contributed by atoms with Gasteiger partial charge in [0.05, 0.1) is 10.3 Å². The predicted octanol–water partition coefficient (Wildman–Crippen LogP) is 2.66. The number of rotatable bonds is 4.